The lowest BCUT2D eigenvalue weighted by Crippen LogP contribution is -2.09. The Bertz CT molecular complexity index is 337. The predicted octanol–water partition coefficient (Wildman–Crippen LogP) is 2.87. The highest BCUT2D eigenvalue weighted by Crippen LogP contribution is 2.10. The molecule has 0 aromatic carbocycles. The minimum atomic E-state index is -0.0533. The molecule has 0 saturated carbocycles. The Morgan fingerprint density at radius 2 is 1.93 bits per heavy atom. The molecule has 0 bridgehead atoms. The molecule has 0 aliphatic rings. The number of carbonyl (C=O) groups excluding carboxylic acids is 1. The van der Waals surface area contributed by atoms with Crippen LogP contribution in [-0.2, 0) is 0 Å². The average Bonchev–Trinajstić information content (AvgIpc) is 2.17. The molecule has 0 aliphatic carbocycles. The lowest BCUT2D eigenvalue weighted by molar-refractivity contribution is 0.0952. The van der Waals surface area contributed by atoms with Gasteiger partial charge in [-0.05, 0) is 26.0 Å². The van der Waals surface area contributed by atoms with Crippen molar-refractivity contribution in [3.8, 4) is 0 Å². The molecule has 74 valence electrons. The molecule has 14 heavy (non-hydrogen) atoms. The number of Topliss-reactive ketones (excluding diaryl/α,β-unsaturated/α-hetero) is 1. The van der Waals surface area contributed by atoms with Gasteiger partial charge in [-0.25, -0.2) is 0 Å². The highest BCUT2D eigenvalue weighted by molar-refractivity contribution is 5.98. The number of ketones is 1. The van der Waals surface area contributed by atoms with Gasteiger partial charge < -0.3 is 0 Å². The number of rotatable bonds is 3. The fraction of sp³-hybridized carbons (Fsp3) is 0.333. The van der Waals surface area contributed by atoms with Crippen LogP contribution in [-0.4, -0.2) is 10.8 Å². The van der Waals surface area contributed by atoms with Crippen molar-refractivity contribution in [2.45, 2.75) is 20.8 Å². The average molecular weight is 189 g/mol. The molecule has 0 N–H and O–H groups in total. The van der Waals surface area contributed by atoms with E-state index in [0.717, 1.165) is 5.56 Å². The van der Waals surface area contributed by atoms with Gasteiger partial charge in [0.05, 0.1) is 0 Å². The van der Waals surface area contributed by atoms with Gasteiger partial charge in [-0.1, -0.05) is 18.6 Å². The number of hydrogen-bond donors (Lipinski definition) is 0. The second-order valence-corrected chi connectivity index (χ2v) is 3.63. The molecule has 0 fully saturated rings. The molecular formula is C12H15NO. The molecule has 2 nitrogen and oxygen atoms in total. The van der Waals surface area contributed by atoms with E-state index in [1.54, 1.807) is 24.5 Å². The monoisotopic (exact) mass is 189 g/mol. The van der Waals surface area contributed by atoms with E-state index in [1.165, 1.54) is 5.57 Å². The maximum absolute atomic E-state index is 11.8. The van der Waals surface area contributed by atoms with E-state index < -0.39 is 0 Å². The highest BCUT2D eigenvalue weighted by Gasteiger charge is 2.11. The molecule has 0 spiro atoms. The third-order valence-electron chi connectivity index (χ3n) is 1.96. The summed E-state index contributed by atoms with van der Waals surface area (Å²) in [7, 11) is 0. The van der Waals surface area contributed by atoms with E-state index in [0.29, 0.717) is 0 Å². The first-order valence-electron chi connectivity index (χ1n) is 4.70. The summed E-state index contributed by atoms with van der Waals surface area (Å²) in [5.41, 5.74) is 1.89. The first kappa shape index (κ1) is 10.6. The van der Waals surface area contributed by atoms with Gasteiger partial charge in [-0.3, -0.25) is 9.78 Å². The summed E-state index contributed by atoms with van der Waals surface area (Å²) >= 11 is 0. The van der Waals surface area contributed by atoms with E-state index in [-0.39, 0.29) is 11.7 Å². The van der Waals surface area contributed by atoms with E-state index >= 15 is 0 Å². The zero-order chi connectivity index (χ0) is 10.6. The molecule has 1 rings (SSSR count). The lowest BCUT2D eigenvalue weighted by atomic mass is 9.98. The Hall–Kier alpha value is -1.44. The molecular weight excluding hydrogens is 174 g/mol. The Labute approximate surface area is 84.7 Å². The standard InChI is InChI=1S/C12H15NO/c1-9(2)8-10(3)12(14)11-4-6-13-7-5-11/h4-8,10H,1-3H3/t10-/m0/s1. The van der Waals surface area contributed by atoms with Crippen molar-refractivity contribution in [2.24, 2.45) is 5.92 Å². The molecule has 1 aromatic rings. The highest BCUT2D eigenvalue weighted by atomic mass is 16.1. The van der Waals surface area contributed by atoms with Crippen molar-refractivity contribution < 1.29 is 4.79 Å². The quantitative estimate of drug-likeness (QED) is 0.540. The third kappa shape index (κ3) is 2.80. The van der Waals surface area contributed by atoms with Crippen LogP contribution in [0.4, 0.5) is 0 Å². The molecule has 0 aliphatic heterocycles. The topological polar surface area (TPSA) is 30.0 Å². The molecule has 1 heterocycles. The van der Waals surface area contributed by atoms with Gasteiger partial charge in [0.1, 0.15) is 0 Å². The number of nitrogens with zero attached hydrogens (tertiary/aromatic N) is 1. The van der Waals surface area contributed by atoms with E-state index in [4.69, 9.17) is 0 Å². The number of hydrogen-bond acceptors (Lipinski definition) is 2. The Morgan fingerprint density at radius 1 is 1.36 bits per heavy atom. The van der Waals surface area contributed by atoms with Crippen molar-refractivity contribution >= 4 is 5.78 Å². The van der Waals surface area contributed by atoms with Crippen molar-refractivity contribution in [1.82, 2.24) is 4.98 Å². The molecule has 2 heteroatoms. The molecule has 0 amide bonds. The fourth-order valence-electron chi connectivity index (χ4n) is 1.35. The maximum atomic E-state index is 11.8. The predicted molar refractivity (Wildman–Crippen MR) is 57.2 cm³/mol. The Balaban J connectivity index is 2.82. The van der Waals surface area contributed by atoms with E-state index in [2.05, 4.69) is 4.98 Å². The van der Waals surface area contributed by atoms with Gasteiger partial charge in [0.2, 0.25) is 0 Å². The van der Waals surface area contributed by atoms with Gasteiger partial charge in [-0.2, -0.15) is 0 Å². The zero-order valence-electron chi connectivity index (χ0n) is 8.82. The zero-order valence-corrected chi connectivity index (χ0v) is 8.82. The van der Waals surface area contributed by atoms with Gasteiger partial charge in [0.25, 0.3) is 0 Å². The van der Waals surface area contributed by atoms with Crippen LogP contribution in [0.3, 0.4) is 0 Å². The maximum Gasteiger partial charge on any atom is 0.169 e. The van der Waals surface area contributed by atoms with Crippen LogP contribution in [0, 0.1) is 5.92 Å². The van der Waals surface area contributed by atoms with Crippen molar-refractivity contribution in [2.75, 3.05) is 0 Å². The summed E-state index contributed by atoms with van der Waals surface area (Å²) in [6.07, 6.45) is 5.26. The van der Waals surface area contributed by atoms with Crippen molar-refractivity contribution in [3.05, 3.63) is 41.7 Å². The van der Waals surface area contributed by atoms with Gasteiger partial charge in [0.15, 0.2) is 5.78 Å². The first-order chi connectivity index (χ1) is 6.61. The van der Waals surface area contributed by atoms with E-state index in [1.807, 2.05) is 26.8 Å². The second-order valence-electron chi connectivity index (χ2n) is 3.63. The molecule has 1 atom stereocenters. The summed E-state index contributed by atoms with van der Waals surface area (Å²) in [6.45, 7) is 5.91. The normalized spacial score (nSPS) is 11.9. The molecule has 0 saturated heterocycles. The van der Waals surface area contributed by atoms with Crippen LogP contribution in [0.25, 0.3) is 0 Å². The van der Waals surface area contributed by atoms with Gasteiger partial charge >= 0.3 is 0 Å². The van der Waals surface area contributed by atoms with Crippen molar-refractivity contribution in [1.29, 1.82) is 0 Å². The Morgan fingerprint density at radius 3 is 2.43 bits per heavy atom. The summed E-state index contributed by atoms with van der Waals surface area (Å²) in [5.74, 6) is 0.0935. The minimum absolute atomic E-state index is 0.0533. The third-order valence-corrected chi connectivity index (χ3v) is 1.96. The summed E-state index contributed by atoms with van der Waals surface area (Å²) in [6, 6.07) is 3.50. The molecule has 1 aromatic heterocycles. The SMILES string of the molecule is CC(C)=C[C@H](C)C(=O)c1ccncc1. The van der Waals surface area contributed by atoms with Crippen LogP contribution in [0.15, 0.2) is 36.2 Å². The van der Waals surface area contributed by atoms with Crippen LogP contribution in [0.5, 0.6) is 0 Å². The Kier molecular flexibility index (Phi) is 3.57. The number of aromatic nitrogens is 1. The smallest absolute Gasteiger partial charge is 0.169 e. The molecule has 0 unspecified atom stereocenters. The second kappa shape index (κ2) is 4.70. The molecule has 0 radical (unpaired) electrons. The van der Waals surface area contributed by atoms with Crippen LogP contribution < -0.4 is 0 Å². The van der Waals surface area contributed by atoms with Crippen LogP contribution in [0.1, 0.15) is 31.1 Å². The van der Waals surface area contributed by atoms with Crippen LogP contribution >= 0.6 is 0 Å². The number of pyridine rings is 1. The largest absolute Gasteiger partial charge is 0.294 e. The lowest BCUT2D eigenvalue weighted by Gasteiger charge is -2.05. The fourth-order valence-corrected chi connectivity index (χ4v) is 1.35. The number of carbonyl (C=O) groups is 1. The van der Waals surface area contributed by atoms with Crippen LogP contribution in [0.2, 0.25) is 0 Å². The summed E-state index contributed by atoms with van der Waals surface area (Å²) in [4.78, 5) is 15.7. The summed E-state index contributed by atoms with van der Waals surface area (Å²) in [5, 5.41) is 0. The summed E-state index contributed by atoms with van der Waals surface area (Å²) < 4.78 is 0. The minimum Gasteiger partial charge on any atom is -0.294 e. The first-order valence-corrected chi connectivity index (χ1v) is 4.70. The number of allylic oxidation sites excluding steroid dienone is 2. The van der Waals surface area contributed by atoms with E-state index in [9.17, 15) is 4.79 Å². The van der Waals surface area contributed by atoms with Crippen molar-refractivity contribution in [3.63, 3.8) is 0 Å². The van der Waals surface area contributed by atoms with Gasteiger partial charge in [-0.15, -0.1) is 0 Å². The van der Waals surface area contributed by atoms with Gasteiger partial charge in [0, 0.05) is 23.9 Å².